The molecule has 0 spiro atoms. The second-order valence-electron chi connectivity index (χ2n) is 3.46. The highest BCUT2D eigenvalue weighted by atomic mass is 35.5. The fraction of sp³-hybridized carbons (Fsp3) is 0.400. The topological polar surface area (TPSA) is 38.7 Å². The van der Waals surface area contributed by atoms with Crippen molar-refractivity contribution in [1.82, 2.24) is 0 Å². The first-order valence-corrected chi connectivity index (χ1v) is 5.11. The van der Waals surface area contributed by atoms with Crippen molar-refractivity contribution >= 4 is 11.6 Å². The van der Waals surface area contributed by atoms with E-state index in [0.717, 1.165) is 6.07 Å². The summed E-state index contributed by atoms with van der Waals surface area (Å²) in [7, 11) is 0. The molecule has 1 aromatic carbocycles. The summed E-state index contributed by atoms with van der Waals surface area (Å²) in [6.07, 6.45) is -7.40. The Hall–Kier alpha value is -1.14. The van der Waals surface area contributed by atoms with Gasteiger partial charge in [-0.2, -0.15) is 13.2 Å². The second-order valence-corrected chi connectivity index (χ2v) is 3.87. The molecule has 0 saturated carbocycles. The van der Waals surface area contributed by atoms with Crippen LogP contribution >= 0.6 is 11.6 Å². The zero-order chi connectivity index (χ0) is 12.6. The SMILES string of the molecule is OC(c1cc2c(cc1Cl)OCCO2)C(F)(F)F. The van der Waals surface area contributed by atoms with Gasteiger partial charge in [-0.1, -0.05) is 11.6 Å². The summed E-state index contributed by atoms with van der Waals surface area (Å²) in [6.45, 7) is 0.556. The highest BCUT2D eigenvalue weighted by Crippen LogP contribution is 2.42. The van der Waals surface area contributed by atoms with Crippen LogP contribution in [-0.2, 0) is 0 Å². The highest BCUT2D eigenvalue weighted by molar-refractivity contribution is 6.31. The Morgan fingerprint density at radius 2 is 1.71 bits per heavy atom. The first kappa shape index (κ1) is 12.3. The normalized spacial score (nSPS) is 16.8. The molecule has 0 saturated heterocycles. The summed E-state index contributed by atoms with van der Waals surface area (Å²) in [4.78, 5) is 0. The molecule has 1 N–H and O–H groups in total. The minimum absolute atomic E-state index is 0.152. The van der Waals surface area contributed by atoms with Crippen molar-refractivity contribution in [3.05, 3.63) is 22.7 Å². The van der Waals surface area contributed by atoms with Gasteiger partial charge in [0.1, 0.15) is 13.2 Å². The predicted molar refractivity (Wildman–Crippen MR) is 53.5 cm³/mol. The van der Waals surface area contributed by atoms with Crippen LogP contribution in [0.25, 0.3) is 0 Å². The number of aliphatic hydroxyl groups excluding tert-OH is 1. The van der Waals surface area contributed by atoms with E-state index in [9.17, 15) is 13.2 Å². The summed E-state index contributed by atoms with van der Waals surface area (Å²) in [6, 6.07) is 2.26. The van der Waals surface area contributed by atoms with Crippen molar-refractivity contribution in [2.24, 2.45) is 0 Å². The summed E-state index contributed by atoms with van der Waals surface area (Å²) in [5, 5.41) is 8.92. The Bertz CT molecular complexity index is 434. The Labute approximate surface area is 99.7 Å². The number of aliphatic hydroxyl groups is 1. The number of fused-ring (bicyclic) bond motifs is 1. The largest absolute Gasteiger partial charge is 0.486 e. The van der Waals surface area contributed by atoms with E-state index in [4.69, 9.17) is 26.2 Å². The van der Waals surface area contributed by atoms with Gasteiger partial charge in [0.05, 0.1) is 5.02 Å². The van der Waals surface area contributed by atoms with Gasteiger partial charge in [-0.15, -0.1) is 0 Å². The van der Waals surface area contributed by atoms with Gasteiger partial charge in [-0.25, -0.2) is 0 Å². The van der Waals surface area contributed by atoms with Gasteiger partial charge in [-0.05, 0) is 6.07 Å². The maximum atomic E-state index is 12.4. The molecule has 0 amide bonds. The number of hydrogen-bond acceptors (Lipinski definition) is 3. The monoisotopic (exact) mass is 268 g/mol. The van der Waals surface area contributed by atoms with Crippen molar-refractivity contribution in [3.63, 3.8) is 0 Å². The number of halogens is 4. The third kappa shape index (κ3) is 2.42. The zero-order valence-corrected chi connectivity index (χ0v) is 9.18. The summed E-state index contributed by atoms with van der Waals surface area (Å²) < 4.78 is 47.4. The third-order valence-corrected chi connectivity index (χ3v) is 2.59. The van der Waals surface area contributed by atoms with E-state index < -0.39 is 17.8 Å². The maximum Gasteiger partial charge on any atom is 0.418 e. The van der Waals surface area contributed by atoms with Crippen LogP contribution in [0.3, 0.4) is 0 Å². The Kier molecular flexibility index (Phi) is 3.09. The van der Waals surface area contributed by atoms with Gasteiger partial charge in [0.25, 0.3) is 0 Å². The number of benzene rings is 1. The lowest BCUT2D eigenvalue weighted by atomic mass is 10.1. The van der Waals surface area contributed by atoms with Gasteiger partial charge in [0, 0.05) is 11.6 Å². The smallest absolute Gasteiger partial charge is 0.418 e. The van der Waals surface area contributed by atoms with E-state index in [1.165, 1.54) is 6.07 Å². The first-order chi connectivity index (χ1) is 7.89. The zero-order valence-electron chi connectivity index (χ0n) is 8.42. The molecule has 0 aromatic heterocycles. The molecular weight excluding hydrogens is 261 g/mol. The number of alkyl halides is 3. The Morgan fingerprint density at radius 1 is 1.18 bits per heavy atom. The van der Waals surface area contributed by atoms with E-state index in [0.29, 0.717) is 6.61 Å². The average Bonchev–Trinajstić information content (AvgIpc) is 2.26. The van der Waals surface area contributed by atoms with E-state index in [2.05, 4.69) is 0 Å². The molecule has 94 valence electrons. The molecule has 2 rings (SSSR count). The van der Waals surface area contributed by atoms with Gasteiger partial charge in [0.2, 0.25) is 0 Å². The maximum absolute atomic E-state index is 12.4. The molecule has 3 nitrogen and oxygen atoms in total. The molecule has 7 heteroatoms. The fourth-order valence-electron chi connectivity index (χ4n) is 1.47. The van der Waals surface area contributed by atoms with E-state index in [1.807, 2.05) is 0 Å². The van der Waals surface area contributed by atoms with Crippen molar-refractivity contribution in [3.8, 4) is 11.5 Å². The summed E-state index contributed by atoms with van der Waals surface area (Å²) in [5.74, 6) is 0.429. The lowest BCUT2D eigenvalue weighted by Crippen LogP contribution is -2.21. The molecule has 1 aliphatic heterocycles. The molecule has 1 aliphatic rings. The Balaban J connectivity index is 2.41. The van der Waals surface area contributed by atoms with Crippen LogP contribution in [0.2, 0.25) is 5.02 Å². The molecule has 1 atom stereocenters. The van der Waals surface area contributed by atoms with Crippen LogP contribution in [0.4, 0.5) is 13.2 Å². The van der Waals surface area contributed by atoms with Crippen LogP contribution in [0.5, 0.6) is 11.5 Å². The molecule has 1 aromatic rings. The fourth-order valence-corrected chi connectivity index (χ4v) is 1.72. The number of hydrogen-bond donors (Lipinski definition) is 1. The van der Waals surface area contributed by atoms with Gasteiger partial charge < -0.3 is 14.6 Å². The molecule has 1 unspecified atom stereocenters. The summed E-state index contributed by atoms with van der Waals surface area (Å²) >= 11 is 5.67. The number of rotatable bonds is 1. The molecule has 0 bridgehead atoms. The van der Waals surface area contributed by atoms with E-state index >= 15 is 0 Å². The minimum atomic E-state index is -4.77. The molecule has 17 heavy (non-hydrogen) atoms. The third-order valence-electron chi connectivity index (χ3n) is 2.27. The molecular formula is C10H8ClF3O3. The predicted octanol–water partition coefficient (Wildman–Crippen LogP) is 2.71. The van der Waals surface area contributed by atoms with Gasteiger partial charge >= 0.3 is 6.18 Å². The first-order valence-electron chi connectivity index (χ1n) is 4.73. The van der Waals surface area contributed by atoms with Crippen LogP contribution in [-0.4, -0.2) is 24.5 Å². The summed E-state index contributed by atoms with van der Waals surface area (Å²) in [5.41, 5.74) is -0.441. The van der Waals surface area contributed by atoms with Gasteiger partial charge in [-0.3, -0.25) is 0 Å². The van der Waals surface area contributed by atoms with Crippen LogP contribution in [0.15, 0.2) is 12.1 Å². The van der Waals surface area contributed by atoms with Crippen LogP contribution in [0.1, 0.15) is 11.7 Å². The number of ether oxygens (including phenoxy) is 2. The molecule has 1 heterocycles. The van der Waals surface area contributed by atoms with Gasteiger partial charge in [0.15, 0.2) is 17.6 Å². The van der Waals surface area contributed by atoms with Crippen molar-refractivity contribution < 1.29 is 27.8 Å². The quantitative estimate of drug-likeness (QED) is 0.851. The minimum Gasteiger partial charge on any atom is -0.486 e. The van der Waals surface area contributed by atoms with Crippen LogP contribution < -0.4 is 9.47 Å². The lowest BCUT2D eigenvalue weighted by Gasteiger charge is -2.22. The van der Waals surface area contributed by atoms with Crippen molar-refractivity contribution in [2.75, 3.05) is 13.2 Å². The van der Waals surface area contributed by atoms with Crippen LogP contribution in [0, 0.1) is 0 Å². The van der Waals surface area contributed by atoms with E-state index in [-0.39, 0.29) is 23.1 Å². The highest BCUT2D eigenvalue weighted by Gasteiger charge is 2.41. The molecule has 0 fully saturated rings. The average molecular weight is 269 g/mol. The second kappa shape index (κ2) is 4.27. The lowest BCUT2D eigenvalue weighted by molar-refractivity contribution is -0.206. The molecule has 0 aliphatic carbocycles. The standard InChI is InChI=1S/C10H8ClF3O3/c11-6-4-8-7(16-1-2-17-8)3-5(6)9(15)10(12,13)14/h3-4,9,15H,1-2H2. The van der Waals surface area contributed by atoms with Crippen molar-refractivity contribution in [1.29, 1.82) is 0 Å². The van der Waals surface area contributed by atoms with Crippen molar-refractivity contribution in [2.45, 2.75) is 12.3 Å². The molecule has 0 radical (unpaired) electrons. The van der Waals surface area contributed by atoms with E-state index in [1.54, 1.807) is 0 Å². The Morgan fingerprint density at radius 3 is 2.24 bits per heavy atom.